The third-order valence-electron chi connectivity index (χ3n) is 2.39. The summed E-state index contributed by atoms with van der Waals surface area (Å²) in [4.78, 5) is 10.6. The topological polar surface area (TPSA) is 116 Å². The van der Waals surface area contributed by atoms with Crippen molar-refractivity contribution < 1.29 is 28.2 Å². The van der Waals surface area contributed by atoms with Crippen LogP contribution in [-0.2, 0) is 14.8 Å². The maximum atomic E-state index is 11.9. The van der Waals surface area contributed by atoms with E-state index in [1.54, 1.807) is 0 Å². The standard InChI is InChI=1S/C11H15NO6S/c1-7(13)10(11(14)15)12-19(16,17)9-5-3-8(18-2)4-6-9/h3-7,10,12-13H,1-2H3,(H,14,15)/p-1/t7-,10+/m0/s1. The minimum Gasteiger partial charge on any atom is -0.548 e. The van der Waals surface area contributed by atoms with Crippen LogP contribution in [0, 0.1) is 0 Å². The fraction of sp³-hybridized carbons (Fsp3) is 0.364. The molecular weight excluding hydrogens is 274 g/mol. The number of carbonyl (C=O) groups is 1. The third kappa shape index (κ3) is 3.91. The fourth-order valence-corrected chi connectivity index (χ4v) is 2.59. The minimum atomic E-state index is -4.06. The lowest BCUT2D eigenvalue weighted by Gasteiger charge is -2.22. The van der Waals surface area contributed by atoms with Crippen LogP contribution < -0.4 is 14.6 Å². The number of aliphatic carboxylic acids is 1. The average molecular weight is 288 g/mol. The summed E-state index contributed by atoms with van der Waals surface area (Å²) in [5, 5.41) is 19.9. The first-order valence-electron chi connectivity index (χ1n) is 5.33. The molecule has 1 aromatic rings. The number of benzene rings is 1. The van der Waals surface area contributed by atoms with Crippen LogP contribution >= 0.6 is 0 Å². The molecular formula is C11H14NO6S-. The molecule has 0 bridgehead atoms. The van der Waals surface area contributed by atoms with Crippen molar-refractivity contribution in [3.8, 4) is 5.75 Å². The number of aliphatic hydroxyl groups excluding tert-OH is 1. The molecule has 0 heterocycles. The number of aliphatic hydroxyl groups is 1. The van der Waals surface area contributed by atoms with E-state index in [2.05, 4.69) is 0 Å². The summed E-state index contributed by atoms with van der Waals surface area (Å²) in [6, 6.07) is 3.65. The SMILES string of the molecule is COc1ccc(S(=O)(=O)N[C@@H](C(=O)[O-])[C@H](C)O)cc1. The highest BCUT2D eigenvalue weighted by molar-refractivity contribution is 7.89. The van der Waals surface area contributed by atoms with E-state index in [1.165, 1.54) is 31.4 Å². The largest absolute Gasteiger partial charge is 0.548 e. The van der Waals surface area contributed by atoms with Gasteiger partial charge in [0.05, 0.1) is 30.1 Å². The van der Waals surface area contributed by atoms with Crippen molar-refractivity contribution in [3.05, 3.63) is 24.3 Å². The van der Waals surface area contributed by atoms with E-state index < -0.39 is 28.1 Å². The Kier molecular flexibility index (Phi) is 4.87. The van der Waals surface area contributed by atoms with Gasteiger partial charge in [0.25, 0.3) is 0 Å². The smallest absolute Gasteiger partial charge is 0.241 e. The Morgan fingerprint density at radius 3 is 2.26 bits per heavy atom. The molecule has 0 saturated carbocycles. The molecule has 0 amide bonds. The van der Waals surface area contributed by atoms with Gasteiger partial charge in [0.1, 0.15) is 5.75 Å². The average Bonchev–Trinajstić information content (AvgIpc) is 2.35. The normalized spacial score (nSPS) is 14.7. The highest BCUT2D eigenvalue weighted by Crippen LogP contribution is 2.15. The Hall–Kier alpha value is -1.64. The summed E-state index contributed by atoms with van der Waals surface area (Å²) in [7, 11) is -2.63. The van der Waals surface area contributed by atoms with E-state index in [0.717, 1.165) is 6.92 Å². The van der Waals surface area contributed by atoms with Crippen LogP contribution in [0.1, 0.15) is 6.92 Å². The summed E-state index contributed by atoms with van der Waals surface area (Å²) >= 11 is 0. The van der Waals surface area contributed by atoms with Crippen LogP contribution in [0.3, 0.4) is 0 Å². The summed E-state index contributed by atoms with van der Waals surface area (Å²) in [5.41, 5.74) is 0. The molecule has 0 radical (unpaired) electrons. The van der Waals surface area contributed by atoms with Crippen molar-refractivity contribution in [1.29, 1.82) is 0 Å². The van der Waals surface area contributed by atoms with Crippen LogP contribution in [0.4, 0.5) is 0 Å². The summed E-state index contributed by atoms with van der Waals surface area (Å²) in [5.74, 6) is -1.24. The van der Waals surface area contributed by atoms with Crippen LogP contribution in [0.25, 0.3) is 0 Å². The van der Waals surface area contributed by atoms with Crippen molar-refractivity contribution in [3.63, 3.8) is 0 Å². The number of nitrogens with one attached hydrogen (secondary N) is 1. The summed E-state index contributed by atoms with van der Waals surface area (Å²) < 4.78 is 30.5. The zero-order chi connectivity index (χ0) is 14.6. The molecule has 2 N–H and O–H groups in total. The number of rotatable bonds is 6. The molecule has 1 rings (SSSR count). The van der Waals surface area contributed by atoms with E-state index in [0.29, 0.717) is 5.75 Å². The van der Waals surface area contributed by atoms with Crippen molar-refractivity contribution in [2.45, 2.75) is 24.0 Å². The first kappa shape index (κ1) is 15.4. The molecule has 0 aromatic heterocycles. The second-order valence-electron chi connectivity index (χ2n) is 3.83. The number of carboxylic acid groups (broad SMARTS) is 1. The van der Waals surface area contributed by atoms with Crippen LogP contribution in [-0.4, -0.2) is 38.7 Å². The number of carboxylic acids is 1. The molecule has 1 aromatic carbocycles. The zero-order valence-electron chi connectivity index (χ0n) is 10.4. The van der Waals surface area contributed by atoms with Gasteiger partial charge in [0.2, 0.25) is 10.0 Å². The molecule has 7 nitrogen and oxygen atoms in total. The molecule has 0 saturated heterocycles. The van der Waals surface area contributed by atoms with E-state index >= 15 is 0 Å². The molecule has 0 aliphatic rings. The maximum absolute atomic E-state index is 11.9. The molecule has 0 unspecified atom stereocenters. The maximum Gasteiger partial charge on any atom is 0.241 e. The Morgan fingerprint density at radius 1 is 1.37 bits per heavy atom. The number of methoxy groups -OCH3 is 1. The van der Waals surface area contributed by atoms with Crippen LogP contribution in [0.5, 0.6) is 5.75 Å². The van der Waals surface area contributed by atoms with E-state index in [4.69, 9.17) is 4.74 Å². The third-order valence-corrected chi connectivity index (χ3v) is 3.85. The van der Waals surface area contributed by atoms with Gasteiger partial charge in [-0.05, 0) is 31.2 Å². The molecule has 8 heteroatoms. The van der Waals surface area contributed by atoms with Gasteiger partial charge in [-0.1, -0.05) is 0 Å². The van der Waals surface area contributed by atoms with Crippen LogP contribution in [0.2, 0.25) is 0 Å². The van der Waals surface area contributed by atoms with Gasteiger partial charge in [-0.15, -0.1) is 0 Å². The molecule has 0 aliphatic carbocycles. The van der Waals surface area contributed by atoms with Gasteiger partial charge in [-0.25, -0.2) is 8.42 Å². The summed E-state index contributed by atoms with van der Waals surface area (Å²) in [6.45, 7) is 1.15. The number of sulfonamides is 1. The Bertz CT molecular complexity index is 537. The van der Waals surface area contributed by atoms with Crippen molar-refractivity contribution in [2.75, 3.05) is 7.11 Å². The number of ether oxygens (including phenoxy) is 1. The molecule has 106 valence electrons. The van der Waals surface area contributed by atoms with Gasteiger partial charge >= 0.3 is 0 Å². The van der Waals surface area contributed by atoms with Crippen molar-refractivity contribution >= 4 is 16.0 Å². The second kappa shape index (κ2) is 6.00. The highest BCUT2D eigenvalue weighted by Gasteiger charge is 2.24. The molecule has 0 spiro atoms. The Balaban J connectivity index is 2.99. The van der Waals surface area contributed by atoms with E-state index in [1.807, 2.05) is 4.72 Å². The van der Waals surface area contributed by atoms with Gasteiger partial charge < -0.3 is 19.7 Å². The molecule has 0 fully saturated rings. The number of hydrogen-bond donors (Lipinski definition) is 2. The second-order valence-corrected chi connectivity index (χ2v) is 5.55. The van der Waals surface area contributed by atoms with Crippen molar-refractivity contribution in [1.82, 2.24) is 4.72 Å². The predicted molar refractivity (Wildman–Crippen MR) is 63.8 cm³/mol. The molecule has 19 heavy (non-hydrogen) atoms. The fourth-order valence-electron chi connectivity index (χ4n) is 1.33. The van der Waals surface area contributed by atoms with Crippen molar-refractivity contribution in [2.24, 2.45) is 0 Å². The van der Waals surface area contributed by atoms with E-state index in [9.17, 15) is 23.4 Å². The lowest BCUT2D eigenvalue weighted by atomic mass is 10.2. The predicted octanol–water partition coefficient (Wildman–Crippen LogP) is -1.53. The monoisotopic (exact) mass is 288 g/mol. The highest BCUT2D eigenvalue weighted by atomic mass is 32.2. The van der Waals surface area contributed by atoms with Crippen LogP contribution in [0.15, 0.2) is 29.2 Å². The minimum absolute atomic E-state index is 0.139. The van der Waals surface area contributed by atoms with E-state index in [-0.39, 0.29) is 4.90 Å². The first-order chi connectivity index (χ1) is 8.77. The Labute approximate surface area is 110 Å². The number of carbonyl (C=O) groups excluding carboxylic acids is 1. The zero-order valence-corrected chi connectivity index (χ0v) is 11.2. The Morgan fingerprint density at radius 2 is 1.89 bits per heavy atom. The molecule has 2 atom stereocenters. The first-order valence-corrected chi connectivity index (χ1v) is 6.81. The summed E-state index contributed by atoms with van der Waals surface area (Å²) in [6.07, 6.45) is -1.42. The lowest BCUT2D eigenvalue weighted by molar-refractivity contribution is -0.309. The quantitative estimate of drug-likeness (QED) is 0.656. The number of hydrogen-bond acceptors (Lipinski definition) is 6. The van der Waals surface area contributed by atoms with Gasteiger partial charge in [-0.2, -0.15) is 4.72 Å². The van der Waals surface area contributed by atoms with Gasteiger partial charge in [0, 0.05) is 0 Å². The lowest BCUT2D eigenvalue weighted by Crippen LogP contribution is -2.53. The molecule has 0 aliphatic heterocycles. The van der Waals surface area contributed by atoms with Gasteiger partial charge in [-0.3, -0.25) is 0 Å². The van der Waals surface area contributed by atoms with Gasteiger partial charge in [0.15, 0.2) is 0 Å².